The van der Waals surface area contributed by atoms with E-state index in [9.17, 15) is 18.5 Å². The number of hydrogen-bond donors (Lipinski definition) is 0. The predicted octanol–water partition coefficient (Wildman–Crippen LogP) is 1.96. The molecule has 0 aliphatic carbocycles. The number of carbonyl (C=O) groups is 1. The number of benzene rings is 1. The van der Waals surface area contributed by atoms with Gasteiger partial charge in [0.25, 0.3) is 0 Å². The fraction of sp³-hybridized carbons (Fsp3) is 0.542. The highest BCUT2D eigenvalue weighted by molar-refractivity contribution is 7.88. The van der Waals surface area contributed by atoms with Crippen molar-refractivity contribution < 1.29 is 17.9 Å². The van der Waals surface area contributed by atoms with Crippen molar-refractivity contribution in [3.05, 3.63) is 47.5 Å². The number of aryl methyl sites for hydroxylation is 1. The molecular weight excluding hydrogens is 468 g/mol. The van der Waals surface area contributed by atoms with E-state index in [0.717, 1.165) is 29.8 Å². The van der Waals surface area contributed by atoms with Crippen LogP contribution < -0.4 is 4.90 Å². The molecule has 0 N–H and O–H groups in total. The number of imidazole rings is 1. The lowest BCUT2D eigenvalue weighted by atomic mass is 9.93. The van der Waals surface area contributed by atoms with Gasteiger partial charge >= 0.3 is 6.09 Å². The Bertz CT molecular complexity index is 1210. The molecule has 1 amide bonds. The van der Waals surface area contributed by atoms with Gasteiger partial charge in [-0.3, -0.25) is 0 Å². The van der Waals surface area contributed by atoms with Gasteiger partial charge in [-0.25, -0.2) is 18.2 Å². The van der Waals surface area contributed by atoms with E-state index in [4.69, 9.17) is 4.74 Å². The molecule has 0 saturated carbocycles. The van der Waals surface area contributed by atoms with Crippen LogP contribution in [0.25, 0.3) is 0 Å². The van der Waals surface area contributed by atoms with Crippen molar-refractivity contribution in [2.45, 2.75) is 31.8 Å². The summed E-state index contributed by atoms with van der Waals surface area (Å²) in [4.78, 5) is 19.9. The highest BCUT2D eigenvalue weighted by atomic mass is 32.2. The Morgan fingerprint density at radius 3 is 2.66 bits per heavy atom. The molecule has 2 aliphatic rings. The van der Waals surface area contributed by atoms with Crippen molar-refractivity contribution in [2.24, 2.45) is 13.0 Å². The lowest BCUT2D eigenvalue weighted by Crippen LogP contribution is -2.52. The van der Waals surface area contributed by atoms with Crippen LogP contribution in [-0.4, -0.2) is 78.9 Å². The molecule has 1 fully saturated rings. The number of nitriles is 1. The van der Waals surface area contributed by atoms with Crippen molar-refractivity contribution in [1.82, 2.24) is 18.8 Å². The number of carbonyl (C=O) groups excluding carboxylic acids is 1. The summed E-state index contributed by atoms with van der Waals surface area (Å²) in [6, 6.07) is 7.56. The molecule has 3 heterocycles. The number of anilines is 1. The van der Waals surface area contributed by atoms with Crippen LogP contribution in [0.3, 0.4) is 0 Å². The van der Waals surface area contributed by atoms with Crippen molar-refractivity contribution in [1.29, 1.82) is 5.26 Å². The Balaban J connectivity index is 1.58. The largest absolute Gasteiger partial charge is 0.453 e. The third-order valence-electron chi connectivity index (χ3n) is 7.02. The normalized spacial score (nSPS) is 18.9. The Morgan fingerprint density at radius 1 is 1.31 bits per heavy atom. The molecule has 1 atom stereocenters. The van der Waals surface area contributed by atoms with E-state index in [0.29, 0.717) is 44.7 Å². The number of hydrogen-bond acceptors (Lipinski definition) is 7. The first-order valence-corrected chi connectivity index (χ1v) is 13.6. The molecule has 0 radical (unpaired) electrons. The minimum absolute atomic E-state index is 0.156. The number of likely N-dealkylation sites (tertiary alicyclic amines) is 1. The predicted molar refractivity (Wildman–Crippen MR) is 131 cm³/mol. The topological polar surface area (TPSA) is 112 Å². The van der Waals surface area contributed by atoms with Crippen LogP contribution in [0, 0.1) is 17.2 Å². The minimum Gasteiger partial charge on any atom is -0.453 e. The lowest BCUT2D eigenvalue weighted by molar-refractivity contribution is 0.101. The molecule has 0 spiro atoms. The number of rotatable bonds is 6. The maximum atomic E-state index is 13.0. The molecule has 4 rings (SSSR count). The fourth-order valence-corrected chi connectivity index (χ4v) is 6.27. The summed E-state index contributed by atoms with van der Waals surface area (Å²) in [6.07, 6.45) is 6.48. The summed E-state index contributed by atoms with van der Waals surface area (Å²) >= 11 is 0. The van der Waals surface area contributed by atoms with Gasteiger partial charge in [-0.1, -0.05) is 0 Å². The zero-order chi connectivity index (χ0) is 25.2. The number of ether oxygens (including phenoxy) is 1. The van der Waals surface area contributed by atoms with E-state index in [1.165, 1.54) is 13.4 Å². The van der Waals surface area contributed by atoms with Gasteiger partial charge in [0.2, 0.25) is 10.0 Å². The highest BCUT2D eigenvalue weighted by Gasteiger charge is 2.36. The second-order valence-corrected chi connectivity index (χ2v) is 11.4. The van der Waals surface area contributed by atoms with Gasteiger partial charge < -0.3 is 19.1 Å². The number of amides is 1. The molecule has 11 heteroatoms. The van der Waals surface area contributed by atoms with E-state index in [-0.39, 0.29) is 18.1 Å². The van der Waals surface area contributed by atoms with Crippen LogP contribution >= 0.6 is 0 Å². The number of nitrogens with zero attached hydrogens (tertiary/aromatic N) is 6. The van der Waals surface area contributed by atoms with E-state index in [2.05, 4.69) is 16.0 Å². The second-order valence-electron chi connectivity index (χ2n) is 9.42. The molecule has 2 aliphatic heterocycles. The summed E-state index contributed by atoms with van der Waals surface area (Å²) in [5, 5.41) is 9.43. The third kappa shape index (κ3) is 5.60. The summed E-state index contributed by atoms with van der Waals surface area (Å²) in [6.45, 7) is 2.64. The van der Waals surface area contributed by atoms with Crippen molar-refractivity contribution >= 4 is 21.8 Å². The first kappa shape index (κ1) is 25.0. The number of sulfonamides is 1. The molecule has 1 aromatic carbocycles. The smallest absolute Gasteiger partial charge is 0.409 e. The standard InChI is InChI=1S/C24H32N6O4S/c1-27-17-26-13-22(27)16-29-15-21(11-20-10-19(12-25)4-5-23(20)29)30(35(3,32)33)14-18-6-8-28(9-7-18)24(31)34-2/h4-5,10,13,17-18,21H,6-9,11,14-16H2,1-3H3. The zero-order valence-electron chi connectivity index (χ0n) is 20.4. The van der Waals surface area contributed by atoms with Gasteiger partial charge in [0.15, 0.2) is 0 Å². The van der Waals surface area contributed by atoms with E-state index < -0.39 is 10.0 Å². The van der Waals surface area contributed by atoms with Gasteiger partial charge in [-0.05, 0) is 48.9 Å². The quantitative estimate of drug-likeness (QED) is 0.596. The van der Waals surface area contributed by atoms with Gasteiger partial charge in [0, 0.05) is 51.2 Å². The van der Waals surface area contributed by atoms with E-state index in [1.54, 1.807) is 21.6 Å². The Hall–Kier alpha value is -3.10. The van der Waals surface area contributed by atoms with Crippen molar-refractivity contribution in [2.75, 3.05) is 44.4 Å². The van der Waals surface area contributed by atoms with Crippen molar-refractivity contribution in [3.63, 3.8) is 0 Å². The average Bonchev–Trinajstić information content (AvgIpc) is 3.25. The minimum atomic E-state index is -3.49. The van der Waals surface area contributed by atoms with Gasteiger partial charge in [0.05, 0.1) is 43.6 Å². The van der Waals surface area contributed by atoms with Crippen molar-refractivity contribution in [3.8, 4) is 6.07 Å². The van der Waals surface area contributed by atoms with Crippen LogP contribution in [0.5, 0.6) is 0 Å². The van der Waals surface area contributed by atoms with Crippen LogP contribution in [0.4, 0.5) is 10.5 Å². The molecule has 35 heavy (non-hydrogen) atoms. The van der Waals surface area contributed by atoms with Crippen LogP contribution in [0.1, 0.15) is 29.7 Å². The first-order valence-electron chi connectivity index (χ1n) is 11.7. The molecule has 188 valence electrons. The van der Waals surface area contributed by atoms with Crippen LogP contribution in [0.2, 0.25) is 0 Å². The number of piperidine rings is 1. The molecule has 1 saturated heterocycles. The monoisotopic (exact) mass is 500 g/mol. The highest BCUT2D eigenvalue weighted by Crippen LogP contribution is 2.33. The maximum absolute atomic E-state index is 13.0. The van der Waals surface area contributed by atoms with Gasteiger partial charge in [-0.15, -0.1) is 0 Å². The molecule has 1 unspecified atom stereocenters. The molecule has 1 aromatic heterocycles. The SMILES string of the molecule is COC(=O)N1CCC(CN(C2Cc3cc(C#N)ccc3N(Cc3cncn3C)C2)S(C)(=O)=O)CC1. The Labute approximate surface area is 206 Å². The number of aromatic nitrogens is 2. The van der Waals surface area contributed by atoms with E-state index >= 15 is 0 Å². The van der Waals surface area contributed by atoms with Gasteiger partial charge in [0.1, 0.15) is 0 Å². The summed E-state index contributed by atoms with van der Waals surface area (Å²) in [5.41, 5.74) is 3.56. The fourth-order valence-electron chi connectivity index (χ4n) is 5.11. The second kappa shape index (κ2) is 10.3. The molecule has 2 aromatic rings. The third-order valence-corrected chi connectivity index (χ3v) is 8.32. The summed E-state index contributed by atoms with van der Waals surface area (Å²) in [5.74, 6) is 0.156. The maximum Gasteiger partial charge on any atom is 0.409 e. The first-order chi connectivity index (χ1) is 16.7. The summed E-state index contributed by atoms with van der Waals surface area (Å²) in [7, 11) is -0.183. The Kier molecular flexibility index (Phi) is 7.33. The van der Waals surface area contributed by atoms with Crippen LogP contribution in [0.15, 0.2) is 30.7 Å². The number of fused-ring (bicyclic) bond motifs is 1. The van der Waals surface area contributed by atoms with E-state index in [1.807, 2.05) is 29.9 Å². The lowest BCUT2D eigenvalue weighted by Gasteiger charge is -2.42. The molecule has 10 nitrogen and oxygen atoms in total. The molecule has 0 bridgehead atoms. The Morgan fingerprint density at radius 2 is 2.06 bits per heavy atom. The van der Waals surface area contributed by atoms with Gasteiger partial charge in [-0.2, -0.15) is 9.57 Å². The number of methoxy groups -OCH3 is 1. The summed E-state index contributed by atoms with van der Waals surface area (Å²) < 4.78 is 34.4. The molecular formula is C24H32N6O4S. The van der Waals surface area contributed by atoms with Crippen LogP contribution in [-0.2, 0) is 34.8 Å². The average molecular weight is 501 g/mol. The zero-order valence-corrected chi connectivity index (χ0v) is 21.2.